The van der Waals surface area contributed by atoms with E-state index >= 15 is 0 Å². The summed E-state index contributed by atoms with van der Waals surface area (Å²) in [6.45, 7) is 6.20. The van der Waals surface area contributed by atoms with Gasteiger partial charge in [-0.15, -0.1) is 0 Å². The minimum Gasteiger partial charge on any atom is -0.497 e. The Morgan fingerprint density at radius 2 is 1.68 bits per heavy atom. The first-order valence-electron chi connectivity index (χ1n) is 10.9. The molecular weight excluding hydrogens is 392 g/mol. The topological polar surface area (TPSA) is 59.1 Å². The van der Waals surface area contributed by atoms with Crippen LogP contribution in [-0.2, 0) is 16.0 Å². The number of hydrogen-bond donors (Lipinski definition) is 0. The fraction of sp³-hybridized carbons (Fsp3) is 0.440. The molecule has 0 saturated carbocycles. The van der Waals surface area contributed by atoms with Crippen LogP contribution in [0.5, 0.6) is 11.5 Å². The lowest BCUT2D eigenvalue weighted by Crippen LogP contribution is -2.43. The maximum atomic E-state index is 12.9. The average Bonchev–Trinajstić information content (AvgIpc) is 3.03. The minimum absolute atomic E-state index is 0.0333. The predicted molar refractivity (Wildman–Crippen MR) is 120 cm³/mol. The number of nitrogens with zero attached hydrogens (tertiary/aromatic N) is 2. The zero-order valence-electron chi connectivity index (χ0n) is 18.7. The lowest BCUT2D eigenvalue weighted by molar-refractivity contribution is -0.138. The van der Waals surface area contributed by atoms with Gasteiger partial charge in [0.05, 0.1) is 7.11 Å². The molecule has 1 unspecified atom stereocenters. The van der Waals surface area contributed by atoms with Crippen molar-refractivity contribution in [1.29, 1.82) is 0 Å². The van der Waals surface area contributed by atoms with Gasteiger partial charge in [0.2, 0.25) is 5.91 Å². The Labute approximate surface area is 184 Å². The number of carbonyl (C=O) groups is 2. The van der Waals surface area contributed by atoms with Crippen molar-refractivity contribution in [2.45, 2.75) is 39.2 Å². The van der Waals surface area contributed by atoms with Crippen LogP contribution >= 0.6 is 0 Å². The zero-order valence-corrected chi connectivity index (χ0v) is 18.7. The summed E-state index contributed by atoms with van der Waals surface area (Å²) >= 11 is 0. The second-order valence-electron chi connectivity index (χ2n) is 7.98. The van der Waals surface area contributed by atoms with E-state index in [2.05, 4.69) is 0 Å². The SMILES string of the molecule is COc1ccc(CCC(=O)N2CCCN(C(=O)C(C)Oc3cccc(C)c3)CC2)cc1. The van der Waals surface area contributed by atoms with Gasteiger partial charge in [-0.25, -0.2) is 0 Å². The first-order chi connectivity index (χ1) is 15.0. The van der Waals surface area contributed by atoms with E-state index in [4.69, 9.17) is 9.47 Å². The van der Waals surface area contributed by atoms with Crippen molar-refractivity contribution in [3.8, 4) is 11.5 Å². The molecule has 31 heavy (non-hydrogen) atoms. The van der Waals surface area contributed by atoms with Gasteiger partial charge in [-0.05, 0) is 62.1 Å². The Balaban J connectivity index is 1.48. The van der Waals surface area contributed by atoms with Crippen LogP contribution < -0.4 is 9.47 Å². The lowest BCUT2D eigenvalue weighted by atomic mass is 10.1. The van der Waals surface area contributed by atoms with Gasteiger partial charge in [0.1, 0.15) is 11.5 Å². The maximum absolute atomic E-state index is 12.9. The van der Waals surface area contributed by atoms with Crippen LogP contribution in [0.15, 0.2) is 48.5 Å². The molecule has 0 bridgehead atoms. The zero-order chi connectivity index (χ0) is 22.2. The third kappa shape index (κ3) is 6.48. The molecule has 0 radical (unpaired) electrons. The lowest BCUT2D eigenvalue weighted by Gasteiger charge is -2.25. The molecule has 6 nitrogen and oxygen atoms in total. The van der Waals surface area contributed by atoms with E-state index in [1.54, 1.807) is 14.0 Å². The van der Waals surface area contributed by atoms with Gasteiger partial charge in [0.15, 0.2) is 6.10 Å². The van der Waals surface area contributed by atoms with Crippen molar-refractivity contribution in [2.75, 3.05) is 33.3 Å². The van der Waals surface area contributed by atoms with E-state index in [-0.39, 0.29) is 11.8 Å². The molecule has 0 aromatic heterocycles. The van der Waals surface area contributed by atoms with Crippen LogP contribution in [0.3, 0.4) is 0 Å². The summed E-state index contributed by atoms with van der Waals surface area (Å²) in [5.41, 5.74) is 2.21. The molecule has 1 saturated heterocycles. The molecular formula is C25H32N2O4. The van der Waals surface area contributed by atoms with Crippen LogP contribution in [0.2, 0.25) is 0 Å². The van der Waals surface area contributed by atoms with E-state index < -0.39 is 6.10 Å². The molecule has 1 aliphatic rings. The van der Waals surface area contributed by atoms with Crippen LogP contribution in [0.1, 0.15) is 30.9 Å². The van der Waals surface area contributed by atoms with E-state index in [9.17, 15) is 9.59 Å². The van der Waals surface area contributed by atoms with Gasteiger partial charge >= 0.3 is 0 Å². The maximum Gasteiger partial charge on any atom is 0.263 e. The molecule has 1 atom stereocenters. The monoisotopic (exact) mass is 424 g/mol. The van der Waals surface area contributed by atoms with Gasteiger partial charge < -0.3 is 19.3 Å². The van der Waals surface area contributed by atoms with Crippen LogP contribution in [0.25, 0.3) is 0 Å². The summed E-state index contributed by atoms with van der Waals surface area (Å²) < 4.78 is 11.0. The molecule has 0 N–H and O–H groups in total. The molecule has 2 aromatic carbocycles. The summed E-state index contributed by atoms with van der Waals surface area (Å²) in [5, 5.41) is 0. The molecule has 1 aliphatic heterocycles. The summed E-state index contributed by atoms with van der Waals surface area (Å²) in [6.07, 6.45) is 1.38. The highest BCUT2D eigenvalue weighted by Gasteiger charge is 2.26. The quantitative estimate of drug-likeness (QED) is 0.683. The number of carbonyl (C=O) groups excluding carboxylic acids is 2. The molecule has 3 rings (SSSR count). The Morgan fingerprint density at radius 3 is 2.39 bits per heavy atom. The number of benzene rings is 2. The summed E-state index contributed by atoms with van der Waals surface area (Å²) in [4.78, 5) is 29.3. The van der Waals surface area contributed by atoms with Crippen molar-refractivity contribution in [2.24, 2.45) is 0 Å². The largest absolute Gasteiger partial charge is 0.497 e. The highest BCUT2D eigenvalue weighted by atomic mass is 16.5. The number of methoxy groups -OCH3 is 1. The first-order valence-corrected chi connectivity index (χ1v) is 10.9. The minimum atomic E-state index is -0.556. The van der Waals surface area contributed by atoms with Crippen LogP contribution in [0, 0.1) is 6.92 Å². The fourth-order valence-electron chi connectivity index (χ4n) is 3.79. The van der Waals surface area contributed by atoms with E-state index in [1.807, 2.05) is 65.3 Å². The molecule has 0 spiro atoms. The van der Waals surface area contributed by atoms with Gasteiger partial charge in [-0.1, -0.05) is 24.3 Å². The number of ether oxygens (including phenoxy) is 2. The Morgan fingerprint density at radius 1 is 0.968 bits per heavy atom. The Hall–Kier alpha value is -3.02. The summed E-state index contributed by atoms with van der Waals surface area (Å²) in [7, 11) is 1.64. The van der Waals surface area contributed by atoms with Crippen molar-refractivity contribution >= 4 is 11.8 Å². The number of amides is 2. The standard InChI is InChI=1S/C25H32N2O4/c1-19-6-4-7-23(18-19)31-20(2)25(29)27-15-5-14-26(16-17-27)24(28)13-10-21-8-11-22(30-3)12-9-21/h4,6-9,11-12,18,20H,5,10,13-17H2,1-3H3. The second-order valence-corrected chi connectivity index (χ2v) is 7.98. The fourth-order valence-corrected chi connectivity index (χ4v) is 3.79. The first kappa shape index (κ1) is 22.7. The average molecular weight is 425 g/mol. The highest BCUT2D eigenvalue weighted by molar-refractivity contribution is 5.81. The van der Waals surface area contributed by atoms with Gasteiger partial charge in [-0.3, -0.25) is 9.59 Å². The number of hydrogen-bond acceptors (Lipinski definition) is 4. The molecule has 2 aromatic rings. The smallest absolute Gasteiger partial charge is 0.263 e. The van der Waals surface area contributed by atoms with Crippen molar-refractivity contribution in [3.05, 3.63) is 59.7 Å². The Bertz CT molecular complexity index is 881. The molecule has 2 amide bonds. The third-order valence-corrected chi connectivity index (χ3v) is 5.60. The number of aryl methyl sites for hydroxylation is 2. The number of rotatable bonds is 7. The molecule has 1 heterocycles. The molecule has 1 fully saturated rings. The summed E-state index contributed by atoms with van der Waals surface area (Å²) in [6, 6.07) is 15.5. The Kier molecular flexibility index (Phi) is 7.93. The van der Waals surface area contributed by atoms with E-state index in [0.29, 0.717) is 44.8 Å². The van der Waals surface area contributed by atoms with Crippen molar-refractivity contribution in [3.63, 3.8) is 0 Å². The normalized spacial score (nSPS) is 15.2. The molecule has 0 aliphatic carbocycles. The van der Waals surface area contributed by atoms with Gasteiger partial charge in [-0.2, -0.15) is 0 Å². The predicted octanol–water partition coefficient (Wildman–Crippen LogP) is 3.46. The van der Waals surface area contributed by atoms with Crippen LogP contribution in [-0.4, -0.2) is 61.0 Å². The highest BCUT2D eigenvalue weighted by Crippen LogP contribution is 2.17. The molecule has 166 valence electrons. The second kappa shape index (κ2) is 10.8. The summed E-state index contributed by atoms with van der Waals surface area (Å²) in [5.74, 6) is 1.61. The van der Waals surface area contributed by atoms with Crippen molar-refractivity contribution in [1.82, 2.24) is 9.80 Å². The van der Waals surface area contributed by atoms with Gasteiger partial charge in [0.25, 0.3) is 5.91 Å². The molecule has 6 heteroatoms. The van der Waals surface area contributed by atoms with Crippen molar-refractivity contribution < 1.29 is 19.1 Å². The third-order valence-electron chi connectivity index (χ3n) is 5.60. The van der Waals surface area contributed by atoms with E-state index in [0.717, 1.165) is 23.3 Å². The van der Waals surface area contributed by atoms with Crippen LogP contribution in [0.4, 0.5) is 0 Å². The van der Waals surface area contributed by atoms with Gasteiger partial charge in [0, 0.05) is 32.6 Å². The van der Waals surface area contributed by atoms with E-state index in [1.165, 1.54) is 0 Å².